The summed E-state index contributed by atoms with van der Waals surface area (Å²) in [5, 5.41) is 21.4. The van der Waals surface area contributed by atoms with Crippen molar-refractivity contribution in [3.05, 3.63) is 0 Å². The molecular weight excluding hydrogens is 228 g/mol. The van der Waals surface area contributed by atoms with E-state index in [0.717, 1.165) is 12.8 Å². The van der Waals surface area contributed by atoms with Crippen molar-refractivity contribution >= 4 is 0 Å². The van der Waals surface area contributed by atoms with Crippen molar-refractivity contribution in [2.24, 2.45) is 17.8 Å². The molecule has 2 N–H and O–H groups in total. The van der Waals surface area contributed by atoms with Crippen LogP contribution in [0.25, 0.3) is 0 Å². The summed E-state index contributed by atoms with van der Waals surface area (Å²) in [6.45, 7) is 8.28. The van der Waals surface area contributed by atoms with Crippen LogP contribution < -0.4 is 0 Å². The van der Waals surface area contributed by atoms with Gasteiger partial charge >= 0.3 is 0 Å². The van der Waals surface area contributed by atoms with Gasteiger partial charge in [-0.05, 0) is 58.3 Å². The second-order valence-corrected chi connectivity index (χ2v) is 7.55. The van der Waals surface area contributed by atoms with E-state index < -0.39 is 11.2 Å². The largest absolute Gasteiger partial charge is 0.390 e. The van der Waals surface area contributed by atoms with Crippen LogP contribution >= 0.6 is 0 Å². The Morgan fingerprint density at radius 2 is 1.61 bits per heavy atom. The van der Waals surface area contributed by atoms with Gasteiger partial charge in [0.05, 0.1) is 22.9 Å². The Bertz CT molecular complexity index is 363. The van der Waals surface area contributed by atoms with Gasteiger partial charge in [-0.2, -0.15) is 0 Å². The van der Waals surface area contributed by atoms with Gasteiger partial charge in [-0.3, -0.25) is 0 Å². The van der Waals surface area contributed by atoms with E-state index in [9.17, 15) is 10.2 Å². The van der Waals surface area contributed by atoms with E-state index in [2.05, 4.69) is 13.8 Å². The Balaban J connectivity index is 1.98. The molecule has 0 radical (unpaired) electrons. The molecule has 3 rings (SSSR count). The summed E-state index contributed by atoms with van der Waals surface area (Å²) >= 11 is 0. The lowest BCUT2D eigenvalue weighted by Gasteiger charge is -2.49. The smallest absolute Gasteiger partial charge is 0.0949 e. The molecule has 0 aromatic heterocycles. The molecule has 3 aliphatic rings. The lowest BCUT2D eigenvalue weighted by Crippen LogP contribution is -2.56. The molecular formula is C15H26O3. The fraction of sp³-hybridized carbons (Fsp3) is 1.00. The van der Waals surface area contributed by atoms with Crippen LogP contribution in [0.3, 0.4) is 0 Å². The highest BCUT2D eigenvalue weighted by molar-refractivity contribution is 5.16. The van der Waals surface area contributed by atoms with Crippen LogP contribution in [-0.2, 0) is 4.74 Å². The standard InChI is InChI=1S/C15H26O3/c1-9-5-6-10-11(12-15(9,4)18-12)14(3,17)8-7-13(10,2)16/h9-12,16-17H,5-8H2,1-4H3/t9-,10-,11+,12-,13+,14-,15+/m1/s1. The van der Waals surface area contributed by atoms with Gasteiger partial charge in [-0.15, -0.1) is 0 Å². The fourth-order valence-electron chi connectivity index (χ4n) is 4.49. The predicted octanol–water partition coefficient (Wildman–Crippen LogP) is 2.10. The lowest BCUT2D eigenvalue weighted by atomic mass is 9.60. The van der Waals surface area contributed by atoms with Crippen molar-refractivity contribution in [3.8, 4) is 0 Å². The minimum absolute atomic E-state index is 0.0726. The first kappa shape index (κ1) is 12.9. The maximum Gasteiger partial charge on any atom is 0.0949 e. The molecule has 0 spiro atoms. The van der Waals surface area contributed by atoms with Gasteiger partial charge in [0.1, 0.15) is 0 Å². The fourth-order valence-corrected chi connectivity index (χ4v) is 4.49. The second-order valence-electron chi connectivity index (χ2n) is 7.55. The zero-order valence-electron chi connectivity index (χ0n) is 11.9. The summed E-state index contributed by atoms with van der Waals surface area (Å²) in [6.07, 6.45) is 3.58. The third-order valence-electron chi connectivity index (χ3n) is 6.19. The van der Waals surface area contributed by atoms with E-state index in [-0.39, 0.29) is 23.5 Å². The number of hydrogen-bond donors (Lipinski definition) is 2. The third-order valence-corrected chi connectivity index (χ3v) is 6.19. The number of aliphatic hydroxyl groups is 2. The first-order valence-electron chi connectivity index (χ1n) is 7.31. The molecule has 3 fully saturated rings. The Kier molecular flexibility index (Phi) is 2.51. The summed E-state index contributed by atoms with van der Waals surface area (Å²) < 4.78 is 5.98. The summed E-state index contributed by atoms with van der Waals surface area (Å²) in [7, 11) is 0. The quantitative estimate of drug-likeness (QED) is 0.651. The molecule has 0 aromatic carbocycles. The monoisotopic (exact) mass is 254 g/mol. The van der Waals surface area contributed by atoms with Gasteiger partial charge in [-0.25, -0.2) is 0 Å². The third kappa shape index (κ3) is 1.60. The predicted molar refractivity (Wildman–Crippen MR) is 69.1 cm³/mol. The topological polar surface area (TPSA) is 53.0 Å². The zero-order valence-corrected chi connectivity index (χ0v) is 11.9. The number of fused-ring (bicyclic) bond motifs is 3. The van der Waals surface area contributed by atoms with Crippen molar-refractivity contribution in [3.63, 3.8) is 0 Å². The molecule has 1 heterocycles. The highest BCUT2D eigenvalue weighted by atomic mass is 16.6. The van der Waals surface area contributed by atoms with Crippen molar-refractivity contribution in [2.75, 3.05) is 0 Å². The molecule has 3 nitrogen and oxygen atoms in total. The molecule has 0 bridgehead atoms. The van der Waals surface area contributed by atoms with E-state index in [1.54, 1.807) is 0 Å². The molecule has 2 saturated carbocycles. The van der Waals surface area contributed by atoms with Gasteiger partial charge in [-0.1, -0.05) is 6.92 Å². The SMILES string of the molecule is C[C@@H]1CC[C@@H]2[C@@H]([C@H]3O[C@@]13C)[C@](C)(O)CC[C@]2(C)O. The van der Waals surface area contributed by atoms with Crippen LogP contribution in [0, 0.1) is 17.8 Å². The van der Waals surface area contributed by atoms with Crippen LogP contribution in [0.4, 0.5) is 0 Å². The van der Waals surface area contributed by atoms with Crippen LogP contribution in [0.2, 0.25) is 0 Å². The van der Waals surface area contributed by atoms with E-state index in [0.29, 0.717) is 18.8 Å². The molecule has 104 valence electrons. The summed E-state index contributed by atoms with van der Waals surface area (Å²) in [5.74, 6) is 0.758. The Hall–Kier alpha value is -0.120. The Morgan fingerprint density at radius 1 is 1.00 bits per heavy atom. The normalized spacial score (nSPS) is 63.7. The van der Waals surface area contributed by atoms with Gasteiger partial charge < -0.3 is 14.9 Å². The van der Waals surface area contributed by atoms with Crippen LogP contribution in [0.5, 0.6) is 0 Å². The van der Waals surface area contributed by atoms with Crippen molar-refractivity contribution < 1.29 is 14.9 Å². The molecule has 1 saturated heterocycles. The maximum absolute atomic E-state index is 10.7. The number of epoxide rings is 1. The minimum Gasteiger partial charge on any atom is -0.390 e. The summed E-state index contributed by atoms with van der Waals surface area (Å²) in [6, 6.07) is 0. The molecule has 0 unspecified atom stereocenters. The van der Waals surface area contributed by atoms with Crippen molar-refractivity contribution in [2.45, 2.75) is 76.3 Å². The average Bonchev–Trinajstić information content (AvgIpc) is 2.93. The molecule has 7 atom stereocenters. The van der Waals surface area contributed by atoms with Crippen LogP contribution in [0.1, 0.15) is 53.4 Å². The highest BCUT2D eigenvalue weighted by Gasteiger charge is 2.68. The lowest BCUT2D eigenvalue weighted by molar-refractivity contribution is -0.156. The van der Waals surface area contributed by atoms with E-state index in [1.807, 2.05) is 13.8 Å². The van der Waals surface area contributed by atoms with E-state index in [1.165, 1.54) is 0 Å². The number of hydrogen-bond acceptors (Lipinski definition) is 3. The van der Waals surface area contributed by atoms with Crippen molar-refractivity contribution in [1.29, 1.82) is 0 Å². The second kappa shape index (κ2) is 3.50. The molecule has 0 amide bonds. The highest BCUT2D eigenvalue weighted by Crippen LogP contribution is 2.60. The average molecular weight is 254 g/mol. The maximum atomic E-state index is 10.7. The summed E-state index contributed by atoms with van der Waals surface area (Å²) in [4.78, 5) is 0. The zero-order chi connectivity index (χ0) is 13.3. The molecule has 1 aliphatic heterocycles. The van der Waals surface area contributed by atoms with Crippen LogP contribution in [0.15, 0.2) is 0 Å². The first-order chi connectivity index (χ1) is 8.18. The number of ether oxygens (including phenoxy) is 1. The van der Waals surface area contributed by atoms with E-state index >= 15 is 0 Å². The van der Waals surface area contributed by atoms with Gasteiger partial charge in [0.15, 0.2) is 0 Å². The van der Waals surface area contributed by atoms with Gasteiger partial charge in [0.25, 0.3) is 0 Å². The van der Waals surface area contributed by atoms with E-state index in [4.69, 9.17) is 4.74 Å². The molecule has 3 heteroatoms. The Labute approximate surface area is 110 Å². The molecule has 0 aromatic rings. The number of rotatable bonds is 0. The molecule has 2 aliphatic carbocycles. The molecule has 18 heavy (non-hydrogen) atoms. The minimum atomic E-state index is -0.695. The van der Waals surface area contributed by atoms with Gasteiger partial charge in [0.2, 0.25) is 0 Å². The van der Waals surface area contributed by atoms with Gasteiger partial charge in [0, 0.05) is 5.92 Å². The summed E-state index contributed by atoms with van der Waals surface area (Å²) in [5.41, 5.74) is -1.42. The van der Waals surface area contributed by atoms with Crippen LogP contribution in [-0.4, -0.2) is 33.1 Å². The van der Waals surface area contributed by atoms with Crippen molar-refractivity contribution in [1.82, 2.24) is 0 Å². The Morgan fingerprint density at radius 3 is 2.28 bits per heavy atom. The first-order valence-corrected chi connectivity index (χ1v) is 7.31.